The van der Waals surface area contributed by atoms with Gasteiger partial charge in [-0.25, -0.2) is 14.8 Å². The zero-order chi connectivity index (χ0) is 23.8. The third-order valence-electron chi connectivity index (χ3n) is 6.05. The minimum Gasteiger partial charge on any atom is -0.245 e. The second-order valence-corrected chi connectivity index (χ2v) is 9.44. The van der Waals surface area contributed by atoms with Gasteiger partial charge in [0.15, 0.2) is 11.6 Å². The monoisotopic (exact) mass is 457 g/mol. The van der Waals surface area contributed by atoms with Crippen molar-refractivity contribution < 1.29 is 0 Å². The first kappa shape index (κ1) is 23.8. The molecule has 0 radical (unpaired) electrons. The van der Waals surface area contributed by atoms with Crippen LogP contribution in [0.5, 0.6) is 0 Å². The largest absolute Gasteiger partial charge is 0.245 e. The lowest BCUT2D eigenvalue weighted by molar-refractivity contribution is 0.567. The van der Waals surface area contributed by atoms with Crippen LogP contribution in [0.1, 0.15) is 74.8 Å². The van der Waals surface area contributed by atoms with E-state index in [-0.39, 0.29) is 0 Å². The summed E-state index contributed by atoms with van der Waals surface area (Å²) in [5.41, 5.74) is 4.75. The van der Waals surface area contributed by atoms with Gasteiger partial charge in [-0.05, 0) is 58.4 Å². The second-order valence-electron chi connectivity index (χ2n) is 9.44. The maximum Gasteiger partial charge on any atom is 0.179 e. The Balaban J connectivity index is 1.43. The number of nitrogens with one attached hydrogen (secondary N) is 1. The molecule has 0 unspecified atom stereocenters. The van der Waals surface area contributed by atoms with Crippen LogP contribution in [0.15, 0.2) is 48.5 Å². The number of benzene rings is 2. The van der Waals surface area contributed by atoms with Crippen molar-refractivity contribution in [3.8, 4) is 11.4 Å². The van der Waals surface area contributed by atoms with Crippen LogP contribution in [0.3, 0.4) is 0 Å². The van der Waals surface area contributed by atoms with Crippen LogP contribution in [-0.4, -0.2) is 35.4 Å². The molecule has 0 saturated heterocycles. The molecular weight excluding hydrogens is 422 g/mol. The van der Waals surface area contributed by atoms with Gasteiger partial charge in [0.25, 0.3) is 0 Å². The van der Waals surface area contributed by atoms with Crippen LogP contribution in [0, 0.1) is 5.92 Å². The average molecular weight is 458 g/mol. The van der Waals surface area contributed by atoms with Crippen molar-refractivity contribution in [2.45, 2.75) is 72.3 Å². The van der Waals surface area contributed by atoms with Crippen LogP contribution < -0.4 is 0 Å². The molecule has 0 aliphatic heterocycles. The SMILES string of the molecule is CCCCCc1nc(CCC(C)C)nn1Cc1ccc(Cc2cccc(-c3nnn[nH]3)c2)cc1. The van der Waals surface area contributed by atoms with E-state index in [0.29, 0.717) is 11.7 Å². The summed E-state index contributed by atoms with van der Waals surface area (Å²) in [6.07, 6.45) is 7.55. The van der Waals surface area contributed by atoms with E-state index in [1.807, 2.05) is 12.1 Å². The molecule has 0 fully saturated rings. The molecule has 0 aliphatic rings. The molecule has 0 aliphatic carbocycles. The summed E-state index contributed by atoms with van der Waals surface area (Å²) < 4.78 is 2.12. The lowest BCUT2D eigenvalue weighted by atomic mass is 10.0. The summed E-state index contributed by atoms with van der Waals surface area (Å²) in [6, 6.07) is 17.2. The van der Waals surface area contributed by atoms with Gasteiger partial charge in [-0.3, -0.25) is 0 Å². The van der Waals surface area contributed by atoms with E-state index in [9.17, 15) is 0 Å². The third-order valence-corrected chi connectivity index (χ3v) is 6.05. The van der Waals surface area contributed by atoms with E-state index in [1.165, 1.54) is 36.0 Å². The number of aromatic nitrogens is 7. The van der Waals surface area contributed by atoms with Crippen molar-refractivity contribution in [1.29, 1.82) is 0 Å². The number of tetrazole rings is 1. The lowest BCUT2D eigenvalue weighted by Crippen LogP contribution is -2.07. The third kappa shape index (κ3) is 6.59. The number of hydrogen-bond acceptors (Lipinski definition) is 5. The standard InChI is InChI=1S/C27H35N7/c1-4-5-6-10-26-28-25(16-11-20(2)3)31-34(26)19-22-14-12-21(13-15-22)17-23-8-7-9-24(18-23)27-29-32-33-30-27/h7-9,12-15,18,20H,4-6,10-11,16-17,19H2,1-3H3,(H,29,30,32,33). The van der Waals surface area contributed by atoms with Gasteiger partial charge in [0.2, 0.25) is 0 Å². The topological polar surface area (TPSA) is 85.2 Å². The lowest BCUT2D eigenvalue weighted by Gasteiger charge is -2.08. The van der Waals surface area contributed by atoms with Crippen molar-refractivity contribution in [2.75, 3.05) is 0 Å². The van der Waals surface area contributed by atoms with Gasteiger partial charge in [-0.2, -0.15) is 5.10 Å². The number of nitrogens with zero attached hydrogens (tertiary/aromatic N) is 6. The molecule has 0 atom stereocenters. The van der Waals surface area contributed by atoms with Gasteiger partial charge in [0.1, 0.15) is 5.82 Å². The van der Waals surface area contributed by atoms with Gasteiger partial charge < -0.3 is 0 Å². The van der Waals surface area contributed by atoms with Crippen molar-refractivity contribution in [3.05, 3.63) is 76.9 Å². The predicted molar refractivity (Wildman–Crippen MR) is 134 cm³/mol. The first-order valence-corrected chi connectivity index (χ1v) is 12.4. The summed E-state index contributed by atoms with van der Waals surface area (Å²) in [5.74, 6) is 3.46. The molecular formula is C27H35N7. The van der Waals surface area contributed by atoms with Gasteiger partial charge in [-0.1, -0.05) is 76.1 Å². The molecule has 7 nitrogen and oxygen atoms in total. The maximum absolute atomic E-state index is 4.89. The summed E-state index contributed by atoms with van der Waals surface area (Å²) in [5, 5.41) is 19.0. The fourth-order valence-corrected chi connectivity index (χ4v) is 4.08. The van der Waals surface area contributed by atoms with Crippen molar-refractivity contribution in [2.24, 2.45) is 5.92 Å². The molecule has 178 valence electrons. The molecule has 0 saturated carbocycles. The van der Waals surface area contributed by atoms with Crippen molar-refractivity contribution >= 4 is 0 Å². The van der Waals surface area contributed by atoms with Crippen LogP contribution in [0.4, 0.5) is 0 Å². The van der Waals surface area contributed by atoms with E-state index in [0.717, 1.165) is 49.4 Å². The van der Waals surface area contributed by atoms with Crippen LogP contribution in [0.25, 0.3) is 11.4 Å². The van der Waals surface area contributed by atoms with Gasteiger partial charge >= 0.3 is 0 Å². The fourth-order valence-electron chi connectivity index (χ4n) is 4.08. The van der Waals surface area contributed by atoms with E-state index >= 15 is 0 Å². The predicted octanol–water partition coefficient (Wildman–Crippen LogP) is 5.42. The molecule has 7 heteroatoms. The van der Waals surface area contributed by atoms with Gasteiger partial charge in [-0.15, -0.1) is 5.10 Å². The van der Waals surface area contributed by atoms with Crippen LogP contribution >= 0.6 is 0 Å². The number of unbranched alkanes of at least 4 members (excludes halogenated alkanes) is 2. The first-order chi connectivity index (χ1) is 16.6. The van der Waals surface area contributed by atoms with Gasteiger partial charge in [0.05, 0.1) is 6.54 Å². The molecule has 4 aromatic rings. The molecule has 1 N–H and O–H groups in total. The minimum absolute atomic E-state index is 0.663. The smallest absolute Gasteiger partial charge is 0.179 e. The molecule has 0 amide bonds. The van der Waals surface area contributed by atoms with Gasteiger partial charge in [0, 0.05) is 18.4 Å². The Morgan fingerprint density at radius 2 is 1.76 bits per heavy atom. The van der Waals surface area contributed by atoms with E-state index in [4.69, 9.17) is 10.1 Å². The number of rotatable bonds is 12. The highest BCUT2D eigenvalue weighted by molar-refractivity contribution is 5.55. The highest BCUT2D eigenvalue weighted by Crippen LogP contribution is 2.19. The Kier molecular flexibility index (Phi) is 8.17. The Hall–Kier alpha value is -3.35. The Morgan fingerprint density at radius 3 is 2.50 bits per heavy atom. The van der Waals surface area contributed by atoms with E-state index in [1.54, 1.807) is 0 Å². The van der Waals surface area contributed by atoms with Crippen LogP contribution in [-0.2, 0) is 25.8 Å². The summed E-state index contributed by atoms with van der Waals surface area (Å²) in [4.78, 5) is 4.89. The zero-order valence-electron chi connectivity index (χ0n) is 20.5. The summed E-state index contributed by atoms with van der Waals surface area (Å²) in [7, 11) is 0. The highest BCUT2D eigenvalue weighted by Gasteiger charge is 2.11. The molecule has 2 aromatic heterocycles. The average Bonchev–Trinajstić information content (AvgIpc) is 3.50. The maximum atomic E-state index is 4.89. The summed E-state index contributed by atoms with van der Waals surface area (Å²) in [6.45, 7) is 7.51. The first-order valence-electron chi connectivity index (χ1n) is 12.4. The molecule has 34 heavy (non-hydrogen) atoms. The van der Waals surface area contributed by atoms with Crippen molar-refractivity contribution in [1.82, 2.24) is 35.4 Å². The molecule has 2 aromatic carbocycles. The number of hydrogen-bond donors (Lipinski definition) is 1. The molecule has 2 heterocycles. The van der Waals surface area contributed by atoms with Crippen LogP contribution in [0.2, 0.25) is 0 Å². The molecule has 0 bridgehead atoms. The highest BCUT2D eigenvalue weighted by atomic mass is 15.5. The van der Waals surface area contributed by atoms with Crippen molar-refractivity contribution in [3.63, 3.8) is 0 Å². The number of aryl methyl sites for hydroxylation is 2. The molecule has 0 spiro atoms. The van der Waals surface area contributed by atoms with E-state index < -0.39 is 0 Å². The Morgan fingerprint density at radius 1 is 0.941 bits per heavy atom. The summed E-state index contributed by atoms with van der Waals surface area (Å²) >= 11 is 0. The number of H-pyrrole nitrogens is 1. The Labute approximate surface area is 202 Å². The van der Waals surface area contributed by atoms with E-state index in [2.05, 4.69) is 82.5 Å². The quantitative estimate of drug-likeness (QED) is 0.287. The second kappa shape index (κ2) is 11.7. The minimum atomic E-state index is 0.663. The molecule has 4 rings (SSSR count). The number of aromatic amines is 1. The normalized spacial score (nSPS) is 11.4. The zero-order valence-corrected chi connectivity index (χ0v) is 20.5. The Bertz CT molecular complexity index is 1140. The fraction of sp³-hybridized carbons (Fsp3) is 0.444.